The quantitative estimate of drug-likeness (QED) is 0.854. The SMILES string of the molecule is CC(C)C1CCCN1c1nc(N)nc(Cl)n1. The molecule has 0 saturated carbocycles. The zero-order valence-corrected chi connectivity index (χ0v) is 10.3. The first kappa shape index (κ1) is 11.4. The summed E-state index contributed by atoms with van der Waals surface area (Å²) < 4.78 is 0. The molecule has 2 N–H and O–H groups in total. The van der Waals surface area contributed by atoms with Gasteiger partial charge in [0, 0.05) is 12.6 Å². The number of hydrogen-bond donors (Lipinski definition) is 1. The topological polar surface area (TPSA) is 67.9 Å². The average Bonchev–Trinajstić information content (AvgIpc) is 2.63. The molecule has 16 heavy (non-hydrogen) atoms. The van der Waals surface area contributed by atoms with E-state index >= 15 is 0 Å². The summed E-state index contributed by atoms with van der Waals surface area (Å²) in [6.45, 7) is 5.37. The molecule has 0 aliphatic carbocycles. The Balaban J connectivity index is 2.29. The lowest BCUT2D eigenvalue weighted by atomic mass is 10.0. The van der Waals surface area contributed by atoms with Gasteiger partial charge in [-0.25, -0.2) is 0 Å². The second-order valence-electron chi connectivity index (χ2n) is 4.41. The van der Waals surface area contributed by atoms with Crippen molar-refractivity contribution >= 4 is 23.5 Å². The van der Waals surface area contributed by atoms with E-state index in [0.29, 0.717) is 17.9 Å². The van der Waals surface area contributed by atoms with Crippen molar-refractivity contribution in [3.8, 4) is 0 Å². The van der Waals surface area contributed by atoms with Gasteiger partial charge in [-0.2, -0.15) is 15.0 Å². The maximum Gasteiger partial charge on any atom is 0.231 e. The van der Waals surface area contributed by atoms with E-state index in [0.717, 1.165) is 13.0 Å². The van der Waals surface area contributed by atoms with Gasteiger partial charge in [-0.3, -0.25) is 0 Å². The highest BCUT2D eigenvalue weighted by atomic mass is 35.5. The summed E-state index contributed by atoms with van der Waals surface area (Å²) in [5.41, 5.74) is 5.58. The largest absolute Gasteiger partial charge is 0.368 e. The molecular weight excluding hydrogens is 226 g/mol. The number of rotatable bonds is 2. The van der Waals surface area contributed by atoms with Gasteiger partial charge in [0.1, 0.15) is 0 Å². The molecule has 1 saturated heterocycles. The van der Waals surface area contributed by atoms with Crippen LogP contribution in [-0.4, -0.2) is 27.5 Å². The molecule has 1 unspecified atom stereocenters. The fourth-order valence-corrected chi connectivity index (χ4v) is 2.38. The van der Waals surface area contributed by atoms with Crippen LogP contribution in [-0.2, 0) is 0 Å². The van der Waals surface area contributed by atoms with Crippen molar-refractivity contribution in [2.75, 3.05) is 17.2 Å². The van der Waals surface area contributed by atoms with Crippen molar-refractivity contribution in [1.29, 1.82) is 0 Å². The molecule has 0 radical (unpaired) electrons. The van der Waals surface area contributed by atoms with Crippen LogP contribution in [0.5, 0.6) is 0 Å². The molecule has 5 nitrogen and oxygen atoms in total. The third-order valence-corrected chi connectivity index (χ3v) is 3.11. The summed E-state index contributed by atoms with van der Waals surface area (Å²) >= 11 is 5.79. The van der Waals surface area contributed by atoms with E-state index in [1.165, 1.54) is 6.42 Å². The molecule has 1 aliphatic rings. The van der Waals surface area contributed by atoms with Gasteiger partial charge >= 0.3 is 0 Å². The first-order valence-electron chi connectivity index (χ1n) is 5.51. The number of nitrogen functional groups attached to an aromatic ring is 1. The van der Waals surface area contributed by atoms with Gasteiger partial charge < -0.3 is 10.6 Å². The Morgan fingerprint density at radius 1 is 1.38 bits per heavy atom. The van der Waals surface area contributed by atoms with Gasteiger partial charge in [0.2, 0.25) is 17.2 Å². The Kier molecular flexibility index (Phi) is 3.14. The van der Waals surface area contributed by atoms with Gasteiger partial charge in [-0.1, -0.05) is 13.8 Å². The normalized spacial score (nSPS) is 20.8. The number of hydrogen-bond acceptors (Lipinski definition) is 5. The maximum absolute atomic E-state index is 5.79. The van der Waals surface area contributed by atoms with E-state index in [9.17, 15) is 0 Å². The Bertz CT molecular complexity index is 361. The minimum Gasteiger partial charge on any atom is -0.368 e. The smallest absolute Gasteiger partial charge is 0.231 e. The molecular formula is C10H16ClN5. The molecule has 0 amide bonds. The standard InChI is InChI=1S/C10H16ClN5/c1-6(2)7-4-3-5-16(7)10-14-8(11)13-9(12)15-10/h6-7H,3-5H2,1-2H3,(H2,12,13,14,15). The van der Waals surface area contributed by atoms with Gasteiger partial charge in [0.05, 0.1) is 0 Å². The van der Waals surface area contributed by atoms with E-state index in [4.69, 9.17) is 17.3 Å². The van der Waals surface area contributed by atoms with Crippen LogP contribution >= 0.6 is 11.6 Å². The molecule has 0 aromatic carbocycles. The Morgan fingerprint density at radius 3 is 2.75 bits per heavy atom. The predicted octanol–water partition coefficient (Wildman–Crippen LogP) is 1.73. The van der Waals surface area contributed by atoms with Crippen LogP contribution < -0.4 is 10.6 Å². The fraction of sp³-hybridized carbons (Fsp3) is 0.700. The third-order valence-electron chi connectivity index (χ3n) is 2.94. The van der Waals surface area contributed by atoms with Crippen molar-refractivity contribution in [3.63, 3.8) is 0 Å². The third kappa shape index (κ3) is 2.19. The van der Waals surface area contributed by atoms with Crippen LogP contribution in [0.25, 0.3) is 0 Å². The summed E-state index contributed by atoms with van der Waals surface area (Å²) in [6.07, 6.45) is 2.33. The molecule has 1 fully saturated rings. The van der Waals surface area contributed by atoms with Crippen LogP contribution in [0, 0.1) is 5.92 Å². The lowest BCUT2D eigenvalue weighted by Crippen LogP contribution is -2.34. The maximum atomic E-state index is 5.79. The van der Waals surface area contributed by atoms with Gasteiger partial charge in [-0.05, 0) is 30.4 Å². The van der Waals surface area contributed by atoms with Gasteiger partial charge in [0.15, 0.2) is 0 Å². The lowest BCUT2D eigenvalue weighted by molar-refractivity contribution is 0.487. The summed E-state index contributed by atoms with van der Waals surface area (Å²) in [6, 6.07) is 0.470. The number of aromatic nitrogens is 3. The summed E-state index contributed by atoms with van der Waals surface area (Å²) in [5.74, 6) is 1.36. The van der Waals surface area contributed by atoms with Crippen LogP contribution in [0.3, 0.4) is 0 Å². The van der Waals surface area contributed by atoms with Crippen LogP contribution in [0.1, 0.15) is 26.7 Å². The van der Waals surface area contributed by atoms with E-state index in [1.54, 1.807) is 0 Å². The van der Waals surface area contributed by atoms with Crippen molar-refractivity contribution in [3.05, 3.63) is 5.28 Å². The molecule has 1 aromatic rings. The van der Waals surface area contributed by atoms with Gasteiger partial charge in [0.25, 0.3) is 0 Å². The number of halogens is 1. The second-order valence-corrected chi connectivity index (χ2v) is 4.75. The number of nitrogens with two attached hydrogens (primary N) is 1. The predicted molar refractivity (Wildman–Crippen MR) is 64.5 cm³/mol. The lowest BCUT2D eigenvalue weighted by Gasteiger charge is -2.27. The van der Waals surface area contributed by atoms with E-state index in [2.05, 4.69) is 33.7 Å². The molecule has 2 heterocycles. The molecule has 88 valence electrons. The van der Waals surface area contributed by atoms with E-state index < -0.39 is 0 Å². The Morgan fingerprint density at radius 2 is 2.12 bits per heavy atom. The average molecular weight is 242 g/mol. The Labute approximate surface area is 100 Å². The van der Waals surface area contributed by atoms with Crippen molar-refractivity contribution in [2.45, 2.75) is 32.7 Å². The highest BCUT2D eigenvalue weighted by molar-refractivity contribution is 6.28. The monoisotopic (exact) mass is 241 g/mol. The van der Waals surface area contributed by atoms with Gasteiger partial charge in [-0.15, -0.1) is 0 Å². The van der Waals surface area contributed by atoms with Crippen molar-refractivity contribution in [1.82, 2.24) is 15.0 Å². The zero-order valence-electron chi connectivity index (χ0n) is 9.52. The minimum atomic E-state index is 0.164. The van der Waals surface area contributed by atoms with E-state index in [-0.39, 0.29) is 11.2 Å². The van der Waals surface area contributed by atoms with Crippen LogP contribution in [0.4, 0.5) is 11.9 Å². The molecule has 0 spiro atoms. The van der Waals surface area contributed by atoms with Crippen LogP contribution in [0.15, 0.2) is 0 Å². The van der Waals surface area contributed by atoms with Crippen molar-refractivity contribution < 1.29 is 0 Å². The van der Waals surface area contributed by atoms with Crippen LogP contribution in [0.2, 0.25) is 5.28 Å². The zero-order chi connectivity index (χ0) is 11.7. The number of anilines is 2. The first-order valence-corrected chi connectivity index (χ1v) is 5.89. The molecule has 0 bridgehead atoms. The highest BCUT2D eigenvalue weighted by Gasteiger charge is 2.29. The highest BCUT2D eigenvalue weighted by Crippen LogP contribution is 2.27. The fourth-order valence-electron chi connectivity index (χ4n) is 2.22. The summed E-state index contributed by atoms with van der Waals surface area (Å²) in [4.78, 5) is 14.2. The molecule has 6 heteroatoms. The second kappa shape index (κ2) is 4.41. The van der Waals surface area contributed by atoms with Crippen molar-refractivity contribution in [2.24, 2.45) is 5.92 Å². The Hall–Kier alpha value is -1.10. The molecule has 1 aliphatic heterocycles. The first-order chi connectivity index (χ1) is 7.58. The minimum absolute atomic E-state index is 0.164. The molecule has 1 aromatic heterocycles. The number of nitrogens with zero attached hydrogens (tertiary/aromatic N) is 4. The molecule has 1 atom stereocenters. The summed E-state index contributed by atoms with van der Waals surface area (Å²) in [5, 5.41) is 0.164. The molecule has 2 rings (SSSR count). The van der Waals surface area contributed by atoms with E-state index in [1.807, 2.05) is 0 Å². The summed E-state index contributed by atoms with van der Waals surface area (Å²) in [7, 11) is 0.